The van der Waals surface area contributed by atoms with E-state index in [4.69, 9.17) is 14.2 Å². The van der Waals surface area contributed by atoms with Crippen molar-refractivity contribution in [2.45, 2.75) is 46.0 Å². The van der Waals surface area contributed by atoms with Crippen molar-refractivity contribution in [3.63, 3.8) is 0 Å². The number of ether oxygens (including phenoxy) is 3. The molecule has 4 nitrogen and oxygen atoms in total. The summed E-state index contributed by atoms with van der Waals surface area (Å²) in [6.45, 7) is 8.59. The van der Waals surface area contributed by atoms with Crippen LogP contribution < -0.4 is 0 Å². The van der Waals surface area contributed by atoms with Gasteiger partial charge in [-0.3, -0.25) is 4.79 Å². The number of rotatable bonds is 3. The highest BCUT2D eigenvalue weighted by Gasteiger charge is 2.62. The normalized spacial score (nSPS) is 40.8. The van der Waals surface area contributed by atoms with Gasteiger partial charge in [0.1, 0.15) is 0 Å². The van der Waals surface area contributed by atoms with Gasteiger partial charge in [0.05, 0.1) is 24.7 Å². The van der Waals surface area contributed by atoms with Gasteiger partial charge >= 0.3 is 5.97 Å². The Balaban J connectivity index is 1.93. The summed E-state index contributed by atoms with van der Waals surface area (Å²) in [5, 5.41) is 0. The monoisotopic (exact) mass is 228 g/mol. The molecule has 0 aromatic heterocycles. The molecular weight excluding hydrogens is 208 g/mol. The van der Waals surface area contributed by atoms with Crippen LogP contribution in [0.2, 0.25) is 0 Å². The molecule has 3 atom stereocenters. The molecule has 1 aliphatic carbocycles. The predicted octanol–water partition coefficient (Wildman–Crippen LogP) is 1.73. The maximum Gasteiger partial charge on any atom is 0.312 e. The van der Waals surface area contributed by atoms with Crippen molar-refractivity contribution in [2.24, 2.45) is 11.3 Å². The summed E-state index contributed by atoms with van der Waals surface area (Å²) in [5.74, 6) is -0.371. The molecule has 0 unspecified atom stereocenters. The highest BCUT2D eigenvalue weighted by molar-refractivity contribution is 5.80. The second-order valence-electron chi connectivity index (χ2n) is 5.32. The van der Waals surface area contributed by atoms with Crippen LogP contribution in [0.5, 0.6) is 0 Å². The molecule has 1 saturated carbocycles. The van der Waals surface area contributed by atoms with E-state index in [-0.39, 0.29) is 23.4 Å². The SMILES string of the molecule is CCOC(=O)[C@@]1(C)C[C@H]1[C@H]1COC(C)(C)O1. The van der Waals surface area contributed by atoms with E-state index in [1.54, 1.807) is 0 Å². The third kappa shape index (κ3) is 1.96. The summed E-state index contributed by atoms with van der Waals surface area (Å²) in [6, 6.07) is 0. The van der Waals surface area contributed by atoms with Gasteiger partial charge in [0, 0.05) is 5.92 Å². The Morgan fingerprint density at radius 1 is 1.44 bits per heavy atom. The summed E-state index contributed by atoms with van der Waals surface area (Å²) in [7, 11) is 0. The van der Waals surface area contributed by atoms with Gasteiger partial charge in [0.15, 0.2) is 5.79 Å². The first-order valence-corrected chi connectivity index (χ1v) is 5.88. The van der Waals surface area contributed by atoms with Crippen LogP contribution >= 0.6 is 0 Å². The Morgan fingerprint density at radius 2 is 2.12 bits per heavy atom. The molecule has 0 aromatic carbocycles. The first kappa shape index (κ1) is 11.9. The predicted molar refractivity (Wildman–Crippen MR) is 57.8 cm³/mol. The highest BCUT2D eigenvalue weighted by Crippen LogP contribution is 2.57. The molecule has 1 heterocycles. The second-order valence-corrected chi connectivity index (χ2v) is 5.32. The van der Waals surface area contributed by atoms with Gasteiger partial charge in [-0.15, -0.1) is 0 Å². The molecule has 0 spiro atoms. The van der Waals surface area contributed by atoms with Gasteiger partial charge in [0.25, 0.3) is 0 Å². The molecule has 2 fully saturated rings. The molecule has 2 aliphatic rings. The summed E-state index contributed by atoms with van der Waals surface area (Å²) in [6.07, 6.45) is 0.875. The van der Waals surface area contributed by atoms with E-state index in [2.05, 4.69) is 0 Å². The first-order chi connectivity index (χ1) is 7.39. The molecule has 4 heteroatoms. The van der Waals surface area contributed by atoms with Crippen molar-refractivity contribution >= 4 is 5.97 Å². The van der Waals surface area contributed by atoms with Gasteiger partial charge in [-0.05, 0) is 34.1 Å². The highest BCUT2D eigenvalue weighted by atomic mass is 16.7. The number of hydrogen-bond acceptors (Lipinski definition) is 4. The molecule has 92 valence electrons. The fourth-order valence-electron chi connectivity index (χ4n) is 2.38. The molecule has 0 amide bonds. The molecule has 0 bridgehead atoms. The van der Waals surface area contributed by atoms with E-state index in [1.807, 2.05) is 27.7 Å². The standard InChI is InChI=1S/C12H20O4/c1-5-14-10(13)12(4)6-8(12)9-7-15-11(2,3)16-9/h8-9H,5-7H2,1-4H3/t8-,9+,12-/m0/s1. The minimum absolute atomic E-state index is 0.0319. The summed E-state index contributed by atoms with van der Waals surface area (Å²) >= 11 is 0. The van der Waals surface area contributed by atoms with Gasteiger partial charge < -0.3 is 14.2 Å². The quantitative estimate of drug-likeness (QED) is 0.690. The average molecular weight is 228 g/mol. The Labute approximate surface area is 96.2 Å². The number of hydrogen-bond donors (Lipinski definition) is 0. The maximum atomic E-state index is 11.7. The van der Waals surface area contributed by atoms with Crippen molar-refractivity contribution < 1.29 is 19.0 Å². The van der Waals surface area contributed by atoms with Crippen molar-refractivity contribution in [2.75, 3.05) is 13.2 Å². The maximum absolute atomic E-state index is 11.7. The summed E-state index contributed by atoms with van der Waals surface area (Å²) in [4.78, 5) is 11.7. The smallest absolute Gasteiger partial charge is 0.312 e. The Morgan fingerprint density at radius 3 is 2.62 bits per heavy atom. The molecule has 1 saturated heterocycles. The van der Waals surface area contributed by atoms with Gasteiger partial charge in [-0.2, -0.15) is 0 Å². The molecule has 16 heavy (non-hydrogen) atoms. The van der Waals surface area contributed by atoms with E-state index >= 15 is 0 Å². The minimum Gasteiger partial charge on any atom is -0.466 e. The van der Waals surface area contributed by atoms with Gasteiger partial charge in [-0.25, -0.2) is 0 Å². The van der Waals surface area contributed by atoms with Crippen molar-refractivity contribution in [1.29, 1.82) is 0 Å². The zero-order valence-corrected chi connectivity index (χ0v) is 10.4. The fourth-order valence-corrected chi connectivity index (χ4v) is 2.38. The lowest BCUT2D eigenvalue weighted by Gasteiger charge is -2.18. The van der Waals surface area contributed by atoms with Crippen molar-refractivity contribution in [1.82, 2.24) is 0 Å². The lowest BCUT2D eigenvalue weighted by atomic mass is 10.0. The lowest BCUT2D eigenvalue weighted by molar-refractivity contribution is -0.154. The Bertz CT molecular complexity index is 299. The van der Waals surface area contributed by atoms with Crippen LogP contribution in [0.25, 0.3) is 0 Å². The average Bonchev–Trinajstić information content (AvgIpc) is 2.75. The molecule has 1 aliphatic heterocycles. The van der Waals surface area contributed by atoms with E-state index in [0.717, 1.165) is 6.42 Å². The summed E-state index contributed by atoms with van der Waals surface area (Å²) in [5.41, 5.74) is -0.357. The topological polar surface area (TPSA) is 44.8 Å². The van der Waals surface area contributed by atoms with Crippen molar-refractivity contribution in [3.05, 3.63) is 0 Å². The van der Waals surface area contributed by atoms with Gasteiger partial charge in [-0.1, -0.05) is 0 Å². The Hall–Kier alpha value is -0.610. The zero-order chi connectivity index (χ0) is 12.0. The minimum atomic E-state index is -0.511. The molecule has 0 radical (unpaired) electrons. The van der Waals surface area contributed by atoms with Gasteiger partial charge in [0.2, 0.25) is 0 Å². The largest absolute Gasteiger partial charge is 0.466 e. The van der Waals surface area contributed by atoms with E-state index in [0.29, 0.717) is 13.2 Å². The van der Waals surface area contributed by atoms with Crippen LogP contribution in [0.4, 0.5) is 0 Å². The third-order valence-corrected chi connectivity index (χ3v) is 3.52. The lowest BCUT2D eigenvalue weighted by Crippen LogP contribution is -2.26. The van der Waals surface area contributed by atoms with E-state index in [1.165, 1.54) is 0 Å². The van der Waals surface area contributed by atoms with E-state index in [9.17, 15) is 4.79 Å². The molecule has 0 aromatic rings. The third-order valence-electron chi connectivity index (χ3n) is 3.52. The van der Waals surface area contributed by atoms with Crippen LogP contribution in [0.15, 0.2) is 0 Å². The van der Waals surface area contributed by atoms with Crippen LogP contribution in [0.1, 0.15) is 34.1 Å². The molecular formula is C12H20O4. The van der Waals surface area contributed by atoms with Crippen LogP contribution in [0, 0.1) is 11.3 Å². The summed E-state index contributed by atoms with van der Waals surface area (Å²) < 4.78 is 16.4. The van der Waals surface area contributed by atoms with Crippen LogP contribution in [-0.2, 0) is 19.0 Å². The number of esters is 1. The van der Waals surface area contributed by atoms with Crippen molar-refractivity contribution in [3.8, 4) is 0 Å². The second kappa shape index (κ2) is 3.70. The molecule has 2 rings (SSSR count). The van der Waals surface area contributed by atoms with Crippen LogP contribution in [-0.4, -0.2) is 31.1 Å². The Kier molecular flexibility index (Phi) is 2.75. The zero-order valence-electron chi connectivity index (χ0n) is 10.4. The number of carbonyl (C=O) groups is 1. The molecule has 0 N–H and O–H groups in total. The number of carbonyl (C=O) groups excluding carboxylic acids is 1. The van der Waals surface area contributed by atoms with Crippen LogP contribution in [0.3, 0.4) is 0 Å². The fraction of sp³-hybridized carbons (Fsp3) is 0.917. The van der Waals surface area contributed by atoms with E-state index < -0.39 is 5.79 Å². The first-order valence-electron chi connectivity index (χ1n) is 5.88.